The van der Waals surface area contributed by atoms with Crippen molar-refractivity contribution in [3.05, 3.63) is 0 Å². The van der Waals surface area contributed by atoms with Crippen LogP contribution in [0.25, 0.3) is 0 Å². The Morgan fingerprint density at radius 2 is 2.00 bits per heavy atom. The number of hydrogen-bond acceptors (Lipinski definition) is 7. The molecular weight excluding hydrogens is 461 g/mol. The lowest BCUT2D eigenvalue weighted by atomic mass is 9.73. The van der Waals surface area contributed by atoms with E-state index in [-0.39, 0.29) is 49.5 Å². The number of alkyl halides is 3. The van der Waals surface area contributed by atoms with Gasteiger partial charge in [-0.05, 0) is 69.7 Å². The molecule has 11 heteroatoms. The van der Waals surface area contributed by atoms with Gasteiger partial charge in [0, 0.05) is 18.5 Å². The lowest BCUT2D eigenvalue weighted by Crippen LogP contribution is -2.64. The van der Waals surface area contributed by atoms with Crippen LogP contribution in [0.1, 0.15) is 58.3 Å². The lowest BCUT2D eigenvalue weighted by Gasteiger charge is -2.46. The molecule has 0 bridgehead atoms. The van der Waals surface area contributed by atoms with E-state index in [1.165, 1.54) is 0 Å². The quantitative estimate of drug-likeness (QED) is 0.376. The summed E-state index contributed by atoms with van der Waals surface area (Å²) in [5.41, 5.74) is 6.48. The topological polar surface area (TPSA) is 91.9 Å². The smallest absolute Gasteiger partial charge is 0.392 e. The Morgan fingerprint density at radius 1 is 1.20 bits per heavy atom. The number of likely N-dealkylation sites (tertiary alicyclic amines) is 1. The minimum Gasteiger partial charge on any atom is -0.392 e. The predicted octanol–water partition coefficient (Wildman–Crippen LogP) is 1.54. The Kier molecular flexibility index (Phi) is 7.37. The fourth-order valence-corrected chi connectivity index (χ4v) is 7.12. The number of nitrogens with zero attached hydrogens (tertiary/aromatic N) is 2. The van der Waals surface area contributed by atoms with Crippen LogP contribution in [0.4, 0.5) is 13.2 Å². The molecule has 3 heterocycles. The molecule has 10 atom stereocenters. The van der Waals surface area contributed by atoms with E-state index in [0.717, 1.165) is 38.8 Å². The molecule has 0 aromatic heterocycles. The number of fused-ring (bicyclic) bond motifs is 1. The summed E-state index contributed by atoms with van der Waals surface area (Å²) in [4.78, 5) is 17.3. The van der Waals surface area contributed by atoms with E-state index >= 15 is 0 Å². The highest BCUT2D eigenvalue weighted by molar-refractivity contribution is 5.82. The van der Waals surface area contributed by atoms with Gasteiger partial charge >= 0.3 is 6.18 Å². The molecule has 0 aromatic carbocycles. The number of carbonyl (C=O) groups excluding carboxylic acids is 1. The number of hydrazine groups is 1. The van der Waals surface area contributed by atoms with Crippen molar-refractivity contribution in [2.75, 3.05) is 20.3 Å². The third-order valence-electron chi connectivity index (χ3n) is 9.51. The third kappa shape index (κ3) is 5.22. The van der Waals surface area contributed by atoms with Crippen LogP contribution in [0.2, 0.25) is 0 Å². The molecular formula is C24H41F3N6O2. The SMILES string of the molecule is C[C@H](CC1NNCN1C)C1CC(N[C@H]2CC[C@H]2O)NC(N2CC3C(CCCC3C(F)(F)F)C2=O)C1. The van der Waals surface area contributed by atoms with Crippen molar-refractivity contribution in [2.45, 2.75) is 95.1 Å². The van der Waals surface area contributed by atoms with E-state index in [1.54, 1.807) is 4.90 Å². The second-order valence-electron chi connectivity index (χ2n) is 11.7. The van der Waals surface area contributed by atoms with Gasteiger partial charge in [0.25, 0.3) is 0 Å². The molecule has 200 valence electrons. The van der Waals surface area contributed by atoms with Crippen molar-refractivity contribution in [2.24, 2.45) is 29.6 Å². The Hall–Kier alpha value is -0.980. The molecule has 1 amide bonds. The van der Waals surface area contributed by atoms with Crippen LogP contribution < -0.4 is 21.5 Å². The van der Waals surface area contributed by atoms with Gasteiger partial charge in [0.05, 0.1) is 37.2 Å². The van der Waals surface area contributed by atoms with E-state index in [1.807, 2.05) is 0 Å². The molecule has 2 saturated carbocycles. The summed E-state index contributed by atoms with van der Waals surface area (Å²) < 4.78 is 41.3. The lowest BCUT2D eigenvalue weighted by molar-refractivity contribution is -0.198. The Bertz CT molecular complexity index is 772. The summed E-state index contributed by atoms with van der Waals surface area (Å²) in [7, 11) is 2.07. The number of hydrogen-bond donors (Lipinski definition) is 5. The molecule has 5 aliphatic rings. The number of carbonyl (C=O) groups is 1. The van der Waals surface area contributed by atoms with Crippen molar-refractivity contribution < 1.29 is 23.1 Å². The van der Waals surface area contributed by atoms with Crippen LogP contribution in [-0.4, -0.2) is 77.9 Å². The molecule has 0 spiro atoms. The maximum Gasteiger partial charge on any atom is 0.392 e. The van der Waals surface area contributed by atoms with Gasteiger partial charge in [0.15, 0.2) is 0 Å². The van der Waals surface area contributed by atoms with Crippen LogP contribution in [-0.2, 0) is 4.79 Å². The Labute approximate surface area is 205 Å². The van der Waals surface area contributed by atoms with Crippen molar-refractivity contribution in [1.82, 2.24) is 31.3 Å². The molecule has 5 rings (SSSR count). The maximum absolute atomic E-state index is 13.8. The Balaban J connectivity index is 1.31. The van der Waals surface area contributed by atoms with Gasteiger partial charge in [-0.3, -0.25) is 20.3 Å². The van der Waals surface area contributed by atoms with Crippen molar-refractivity contribution in [1.29, 1.82) is 0 Å². The Morgan fingerprint density at radius 3 is 2.63 bits per heavy atom. The summed E-state index contributed by atoms with van der Waals surface area (Å²) in [6, 6.07) is 0.0282. The van der Waals surface area contributed by atoms with Crippen molar-refractivity contribution in [3.63, 3.8) is 0 Å². The standard InChI is InChI=1S/C24H41F3N6O2/c1-13(8-22-31-28-12-32(22)2)14-9-20(29-18-6-7-19(18)34)30-21(10-14)33-11-16-15(23(33)35)4-3-5-17(16)24(25,26)27/h13-22,28-31,34H,3-12H2,1-2H3/t13-,14?,15?,16?,17?,18+,19-,20?,21?,22?/m1/s1. The highest BCUT2D eigenvalue weighted by Gasteiger charge is 2.56. The predicted molar refractivity (Wildman–Crippen MR) is 124 cm³/mol. The fourth-order valence-electron chi connectivity index (χ4n) is 7.12. The third-order valence-corrected chi connectivity index (χ3v) is 9.51. The number of piperidine rings is 1. The molecule has 2 aliphatic carbocycles. The van der Waals surface area contributed by atoms with E-state index in [0.29, 0.717) is 24.7 Å². The van der Waals surface area contributed by atoms with Crippen LogP contribution in [0.3, 0.4) is 0 Å². The summed E-state index contributed by atoms with van der Waals surface area (Å²) in [5.74, 6) is -1.99. The number of aliphatic hydroxyl groups excluding tert-OH is 1. The number of amides is 1. The highest BCUT2D eigenvalue weighted by Crippen LogP contribution is 2.48. The summed E-state index contributed by atoms with van der Waals surface area (Å²) in [6.07, 6.45) is 0.620. The zero-order chi connectivity index (χ0) is 24.9. The fraction of sp³-hybridized carbons (Fsp3) is 0.958. The summed E-state index contributed by atoms with van der Waals surface area (Å²) in [6.45, 7) is 3.20. The first-order valence-electron chi connectivity index (χ1n) is 13.4. The zero-order valence-corrected chi connectivity index (χ0v) is 20.7. The van der Waals surface area contributed by atoms with Crippen molar-refractivity contribution in [3.8, 4) is 0 Å². The van der Waals surface area contributed by atoms with Crippen LogP contribution in [0.5, 0.6) is 0 Å². The largest absolute Gasteiger partial charge is 0.392 e. The molecule has 3 aliphatic heterocycles. The molecule has 0 aromatic rings. The van der Waals surface area contributed by atoms with Gasteiger partial charge < -0.3 is 10.0 Å². The van der Waals surface area contributed by atoms with Gasteiger partial charge in [-0.2, -0.15) is 13.2 Å². The average Bonchev–Trinajstić information content (AvgIpc) is 3.38. The van der Waals surface area contributed by atoms with Gasteiger partial charge in [0.1, 0.15) is 0 Å². The van der Waals surface area contributed by atoms with Crippen LogP contribution in [0.15, 0.2) is 0 Å². The number of rotatable bonds is 6. The number of halogens is 3. The van der Waals surface area contributed by atoms with E-state index in [9.17, 15) is 23.1 Å². The molecule has 7 unspecified atom stereocenters. The summed E-state index contributed by atoms with van der Waals surface area (Å²) in [5, 5.41) is 17.2. The molecule has 0 radical (unpaired) electrons. The highest BCUT2D eigenvalue weighted by atomic mass is 19.4. The van der Waals surface area contributed by atoms with Gasteiger partial charge in [-0.15, -0.1) is 0 Å². The van der Waals surface area contributed by atoms with E-state index in [2.05, 4.69) is 40.4 Å². The molecule has 5 N–H and O–H groups in total. The molecule has 8 nitrogen and oxygen atoms in total. The van der Waals surface area contributed by atoms with Gasteiger partial charge in [-0.1, -0.05) is 13.3 Å². The maximum atomic E-state index is 13.8. The normalized spacial score (nSPS) is 43.8. The second-order valence-corrected chi connectivity index (χ2v) is 11.7. The van der Waals surface area contributed by atoms with Crippen LogP contribution >= 0.6 is 0 Å². The molecule has 3 saturated heterocycles. The first-order chi connectivity index (χ1) is 16.6. The molecule has 5 fully saturated rings. The molecule has 35 heavy (non-hydrogen) atoms. The minimum atomic E-state index is -4.25. The summed E-state index contributed by atoms with van der Waals surface area (Å²) >= 11 is 0. The monoisotopic (exact) mass is 502 g/mol. The second kappa shape index (κ2) is 10.1. The van der Waals surface area contributed by atoms with Gasteiger partial charge in [-0.25, -0.2) is 10.9 Å². The van der Waals surface area contributed by atoms with Crippen LogP contribution in [0, 0.1) is 29.6 Å². The van der Waals surface area contributed by atoms with E-state index in [4.69, 9.17) is 0 Å². The number of nitrogens with one attached hydrogen (secondary N) is 4. The average molecular weight is 503 g/mol. The number of aliphatic hydroxyl groups is 1. The minimum absolute atomic E-state index is 0.0282. The van der Waals surface area contributed by atoms with Crippen molar-refractivity contribution >= 4 is 5.91 Å². The first kappa shape index (κ1) is 25.7. The first-order valence-corrected chi connectivity index (χ1v) is 13.4. The zero-order valence-electron chi connectivity index (χ0n) is 20.7. The van der Waals surface area contributed by atoms with E-state index < -0.39 is 23.9 Å². The van der Waals surface area contributed by atoms with Gasteiger partial charge in [0.2, 0.25) is 5.91 Å².